The predicted octanol–water partition coefficient (Wildman–Crippen LogP) is 3.75. The van der Waals surface area contributed by atoms with Gasteiger partial charge in [0.15, 0.2) is 0 Å². The molecule has 1 aliphatic rings. The summed E-state index contributed by atoms with van der Waals surface area (Å²) < 4.78 is 0. The van der Waals surface area contributed by atoms with Gasteiger partial charge in [0.2, 0.25) is 0 Å². The summed E-state index contributed by atoms with van der Waals surface area (Å²) >= 11 is 0. The zero-order valence-corrected chi connectivity index (χ0v) is 11.4. The number of nitrogens with two attached hydrogens (primary N) is 1. The van der Waals surface area contributed by atoms with Crippen LogP contribution < -0.4 is 5.73 Å². The molecule has 1 aliphatic carbocycles. The lowest BCUT2D eigenvalue weighted by molar-refractivity contribution is 0.204. The molecule has 1 nitrogen and oxygen atoms in total. The minimum atomic E-state index is 0.0263. The smallest absolute Gasteiger partial charge is 0.0221 e. The molecule has 0 amide bonds. The molecule has 17 heavy (non-hydrogen) atoms. The van der Waals surface area contributed by atoms with Crippen molar-refractivity contribution in [3.63, 3.8) is 0 Å². The molecule has 0 radical (unpaired) electrons. The van der Waals surface area contributed by atoms with E-state index in [1.807, 2.05) is 0 Å². The molecule has 0 spiro atoms. The van der Waals surface area contributed by atoms with Crippen molar-refractivity contribution in [3.05, 3.63) is 34.9 Å². The molecule has 2 N–H and O–H groups in total. The van der Waals surface area contributed by atoms with E-state index in [2.05, 4.69) is 39.0 Å². The highest BCUT2D eigenvalue weighted by molar-refractivity contribution is 5.30. The quantitative estimate of drug-likeness (QED) is 0.824. The number of hydrogen-bond donors (Lipinski definition) is 1. The van der Waals surface area contributed by atoms with E-state index in [-0.39, 0.29) is 5.54 Å². The molecule has 94 valence electrons. The van der Waals surface area contributed by atoms with Crippen molar-refractivity contribution >= 4 is 0 Å². The molecular formula is C16H25N. The minimum absolute atomic E-state index is 0.0263. The van der Waals surface area contributed by atoms with Crippen LogP contribution in [0.1, 0.15) is 49.3 Å². The van der Waals surface area contributed by atoms with E-state index < -0.39 is 0 Å². The highest BCUT2D eigenvalue weighted by atomic mass is 14.8. The molecule has 0 aliphatic heterocycles. The van der Waals surface area contributed by atoms with E-state index in [0.29, 0.717) is 5.92 Å². The van der Waals surface area contributed by atoms with Crippen molar-refractivity contribution in [2.45, 2.75) is 58.4 Å². The van der Waals surface area contributed by atoms with Gasteiger partial charge < -0.3 is 5.73 Å². The van der Waals surface area contributed by atoms with Gasteiger partial charge in [-0.1, -0.05) is 49.1 Å². The van der Waals surface area contributed by atoms with E-state index in [1.165, 1.54) is 42.4 Å². The Balaban J connectivity index is 2.18. The average Bonchev–Trinajstić information content (AvgIpc) is 2.21. The fraction of sp³-hybridized carbons (Fsp3) is 0.625. The predicted molar refractivity (Wildman–Crippen MR) is 74.2 cm³/mol. The third kappa shape index (κ3) is 2.90. The van der Waals surface area contributed by atoms with Gasteiger partial charge in [-0.3, -0.25) is 0 Å². The maximum atomic E-state index is 6.63. The molecule has 0 bridgehead atoms. The van der Waals surface area contributed by atoms with Gasteiger partial charge in [-0.05, 0) is 44.6 Å². The third-order valence-electron chi connectivity index (χ3n) is 4.33. The molecule has 1 aromatic rings. The highest BCUT2D eigenvalue weighted by Gasteiger charge is 2.34. The zero-order valence-electron chi connectivity index (χ0n) is 11.4. The summed E-state index contributed by atoms with van der Waals surface area (Å²) in [7, 11) is 0. The minimum Gasteiger partial charge on any atom is -0.325 e. The first kappa shape index (κ1) is 12.6. The second kappa shape index (κ2) is 4.81. The standard InChI is InChI=1S/C16H25N/c1-12-8-13(2)10-15(9-12)11-16(17)7-5-4-6-14(16)3/h8-10,14H,4-7,11,17H2,1-3H3. The molecule has 0 heterocycles. The second-order valence-corrected chi connectivity index (χ2v) is 6.05. The van der Waals surface area contributed by atoms with Crippen LogP contribution in [0.2, 0.25) is 0 Å². The van der Waals surface area contributed by atoms with E-state index in [1.54, 1.807) is 0 Å². The first-order valence-electron chi connectivity index (χ1n) is 6.86. The molecule has 1 fully saturated rings. The number of aryl methyl sites for hydroxylation is 2. The summed E-state index contributed by atoms with van der Waals surface area (Å²) in [5, 5.41) is 0. The van der Waals surface area contributed by atoms with Crippen LogP contribution in [0.4, 0.5) is 0 Å². The maximum Gasteiger partial charge on any atom is 0.0221 e. The Kier molecular flexibility index (Phi) is 3.58. The summed E-state index contributed by atoms with van der Waals surface area (Å²) in [6.07, 6.45) is 6.16. The molecule has 1 saturated carbocycles. The summed E-state index contributed by atoms with van der Waals surface area (Å²) in [6.45, 7) is 6.66. The third-order valence-corrected chi connectivity index (χ3v) is 4.33. The Morgan fingerprint density at radius 2 is 1.82 bits per heavy atom. The molecule has 2 atom stereocenters. The van der Waals surface area contributed by atoms with Crippen LogP contribution in [-0.2, 0) is 6.42 Å². The highest BCUT2D eigenvalue weighted by Crippen LogP contribution is 2.34. The van der Waals surface area contributed by atoms with Gasteiger partial charge in [-0.2, -0.15) is 0 Å². The number of benzene rings is 1. The van der Waals surface area contributed by atoms with Crippen molar-refractivity contribution in [2.75, 3.05) is 0 Å². The van der Waals surface area contributed by atoms with Gasteiger partial charge in [0.1, 0.15) is 0 Å². The van der Waals surface area contributed by atoms with Gasteiger partial charge in [0, 0.05) is 5.54 Å². The van der Waals surface area contributed by atoms with Crippen molar-refractivity contribution in [2.24, 2.45) is 11.7 Å². The summed E-state index contributed by atoms with van der Waals surface area (Å²) in [5.41, 5.74) is 10.8. The number of hydrogen-bond acceptors (Lipinski definition) is 1. The topological polar surface area (TPSA) is 26.0 Å². The summed E-state index contributed by atoms with van der Waals surface area (Å²) in [5.74, 6) is 0.650. The van der Waals surface area contributed by atoms with E-state index in [0.717, 1.165) is 6.42 Å². The van der Waals surface area contributed by atoms with Crippen LogP contribution in [0.15, 0.2) is 18.2 Å². The van der Waals surface area contributed by atoms with Gasteiger partial charge in [-0.25, -0.2) is 0 Å². The van der Waals surface area contributed by atoms with E-state index in [4.69, 9.17) is 5.73 Å². The molecule has 0 aromatic heterocycles. The fourth-order valence-corrected chi connectivity index (χ4v) is 3.25. The SMILES string of the molecule is Cc1cc(C)cc(CC2(N)CCCCC2C)c1. The Bertz CT molecular complexity index is 376. The van der Waals surface area contributed by atoms with E-state index >= 15 is 0 Å². The van der Waals surface area contributed by atoms with E-state index in [9.17, 15) is 0 Å². The van der Waals surface area contributed by atoms with Crippen molar-refractivity contribution in [3.8, 4) is 0 Å². The van der Waals surface area contributed by atoms with Gasteiger partial charge in [0.05, 0.1) is 0 Å². The molecule has 2 rings (SSSR count). The van der Waals surface area contributed by atoms with Crippen molar-refractivity contribution < 1.29 is 0 Å². The first-order valence-corrected chi connectivity index (χ1v) is 6.86. The Hall–Kier alpha value is -0.820. The normalized spacial score (nSPS) is 29.3. The van der Waals surface area contributed by atoms with Crippen LogP contribution in [-0.4, -0.2) is 5.54 Å². The van der Waals surface area contributed by atoms with Gasteiger partial charge in [-0.15, -0.1) is 0 Å². The van der Waals surface area contributed by atoms with Crippen molar-refractivity contribution in [1.29, 1.82) is 0 Å². The Labute approximate surface area is 105 Å². The molecule has 2 unspecified atom stereocenters. The number of rotatable bonds is 2. The van der Waals surface area contributed by atoms with Gasteiger partial charge in [0.25, 0.3) is 0 Å². The largest absolute Gasteiger partial charge is 0.325 e. The average molecular weight is 231 g/mol. The first-order chi connectivity index (χ1) is 7.99. The van der Waals surface area contributed by atoms with Crippen molar-refractivity contribution in [1.82, 2.24) is 0 Å². The Morgan fingerprint density at radius 3 is 2.41 bits per heavy atom. The summed E-state index contributed by atoms with van der Waals surface area (Å²) in [4.78, 5) is 0. The van der Waals surface area contributed by atoms with Crippen LogP contribution in [0.25, 0.3) is 0 Å². The molecule has 0 saturated heterocycles. The van der Waals surface area contributed by atoms with Crippen LogP contribution >= 0.6 is 0 Å². The summed E-state index contributed by atoms with van der Waals surface area (Å²) in [6, 6.07) is 6.82. The van der Waals surface area contributed by atoms with Crippen LogP contribution in [0.5, 0.6) is 0 Å². The zero-order chi connectivity index (χ0) is 12.5. The molecule has 1 aromatic carbocycles. The molecular weight excluding hydrogens is 206 g/mol. The second-order valence-electron chi connectivity index (χ2n) is 6.05. The van der Waals surface area contributed by atoms with Crippen LogP contribution in [0, 0.1) is 19.8 Å². The Morgan fingerprint density at radius 1 is 1.18 bits per heavy atom. The monoisotopic (exact) mass is 231 g/mol. The van der Waals surface area contributed by atoms with Crippen LogP contribution in [0.3, 0.4) is 0 Å². The lowest BCUT2D eigenvalue weighted by Crippen LogP contribution is -2.49. The fourth-order valence-electron chi connectivity index (χ4n) is 3.25. The molecule has 1 heteroatoms. The van der Waals surface area contributed by atoms with Gasteiger partial charge >= 0.3 is 0 Å². The lowest BCUT2D eigenvalue weighted by atomic mass is 9.71. The lowest BCUT2D eigenvalue weighted by Gasteiger charge is -2.40. The maximum absolute atomic E-state index is 6.63.